The highest BCUT2D eigenvalue weighted by atomic mass is 35.5. The third-order valence-electron chi connectivity index (χ3n) is 3.09. The fourth-order valence-electron chi connectivity index (χ4n) is 1.89. The molecular weight excluding hydrogens is 265 g/mol. The number of hydrogen-bond acceptors (Lipinski definition) is 2. The Kier molecular flexibility index (Phi) is 4.56. The molecule has 102 valence electrons. The van der Waals surface area contributed by atoms with E-state index in [2.05, 4.69) is 17.3 Å². The third kappa shape index (κ3) is 3.33. The van der Waals surface area contributed by atoms with Crippen molar-refractivity contribution in [1.82, 2.24) is 15.1 Å². The maximum absolute atomic E-state index is 13.4. The van der Waals surface area contributed by atoms with Gasteiger partial charge in [-0.15, -0.1) is 0 Å². The Balaban J connectivity index is 2.14. The van der Waals surface area contributed by atoms with E-state index in [0.717, 1.165) is 29.9 Å². The second kappa shape index (κ2) is 6.17. The average Bonchev–Trinajstić information content (AvgIpc) is 2.73. The van der Waals surface area contributed by atoms with Gasteiger partial charge in [-0.1, -0.05) is 24.6 Å². The van der Waals surface area contributed by atoms with Crippen molar-refractivity contribution in [2.75, 3.05) is 6.54 Å². The third-order valence-corrected chi connectivity index (χ3v) is 3.39. The molecule has 19 heavy (non-hydrogen) atoms. The van der Waals surface area contributed by atoms with Crippen LogP contribution in [0.4, 0.5) is 4.39 Å². The van der Waals surface area contributed by atoms with E-state index in [1.165, 1.54) is 6.07 Å². The first-order valence-electron chi connectivity index (χ1n) is 6.27. The highest BCUT2D eigenvalue weighted by molar-refractivity contribution is 6.30. The lowest BCUT2D eigenvalue weighted by atomic mass is 10.2. The molecule has 0 saturated heterocycles. The van der Waals surface area contributed by atoms with Crippen LogP contribution in [0.1, 0.15) is 23.7 Å². The Morgan fingerprint density at radius 1 is 1.42 bits per heavy atom. The molecule has 1 heterocycles. The Bertz CT molecular complexity index is 566. The van der Waals surface area contributed by atoms with Crippen LogP contribution >= 0.6 is 11.6 Å². The van der Waals surface area contributed by atoms with Crippen molar-refractivity contribution in [2.45, 2.75) is 26.9 Å². The molecule has 1 N–H and O–H groups in total. The average molecular weight is 282 g/mol. The van der Waals surface area contributed by atoms with E-state index in [1.807, 2.05) is 23.9 Å². The molecule has 0 radical (unpaired) electrons. The summed E-state index contributed by atoms with van der Waals surface area (Å²) >= 11 is 5.67. The van der Waals surface area contributed by atoms with Gasteiger partial charge in [0.25, 0.3) is 0 Å². The summed E-state index contributed by atoms with van der Waals surface area (Å²) in [6.45, 7) is 6.36. The van der Waals surface area contributed by atoms with Gasteiger partial charge in [0.1, 0.15) is 5.82 Å². The summed E-state index contributed by atoms with van der Waals surface area (Å²) in [7, 11) is 0. The number of benzene rings is 1. The van der Waals surface area contributed by atoms with Crippen LogP contribution in [0.25, 0.3) is 0 Å². The predicted octanol–water partition coefficient (Wildman–Crippen LogP) is 3.14. The number of nitrogens with one attached hydrogen (secondary N) is 1. The molecule has 2 aromatic rings. The Morgan fingerprint density at radius 3 is 2.89 bits per heavy atom. The van der Waals surface area contributed by atoms with Gasteiger partial charge in [0.05, 0.1) is 17.8 Å². The lowest BCUT2D eigenvalue weighted by molar-refractivity contribution is 0.616. The van der Waals surface area contributed by atoms with Gasteiger partial charge in [-0.3, -0.25) is 4.68 Å². The van der Waals surface area contributed by atoms with Crippen molar-refractivity contribution >= 4 is 11.6 Å². The molecule has 0 unspecified atom stereocenters. The van der Waals surface area contributed by atoms with Crippen molar-refractivity contribution < 1.29 is 4.39 Å². The predicted molar refractivity (Wildman–Crippen MR) is 74.9 cm³/mol. The molecule has 0 saturated carbocycles. The summed E-state index contributed by atoms with van der Waals surface area (Å²) in [5.74, 6) is -0.392. The maximum Gasteiger partial charge on any atom is 0.142 e. The number of hydrogen-bond donors (Lipinski definition) is 1. The zero-order chi connectivity index (χ0) is 13.8. The first-order valence-corrected chi connectivity index (χ1v) is 6.65. The molecule has 5 heteroatoms. The summed E-state index contributed by atoms with van der Waals surface area (Å²) < 4.78 is 15.3. The minimum atomic E-state index is -0.392. The number of halogens is 2. The van der Waals surface area contributed by atoms with E-state index >= 15 is 0 Å². The molecule has 0 amide bonds. The zero-order valence-electron chi connectivity index (χ0n) is 11.1. The molecule has 1 aromatic heterocycles. The first-order chi connectivity index (χ1) is 9.11. The second-order valence-electron chi connectivity index (χ2n) is 4.44. The largest absolute Gasteiger partial charge is 0.313 e. The second-order valence-corrected chi connectivity index (χ2v) is 4.85. The molecule has 0 atom stereocenters. The van der Waals surface area contributed by atoms with Crippen LogP contribution in [-0.4, -0.2) is 16.3 Å². The monoisotopic (exact) mass is 281 g/mol. The molecule has 1 aromatic carbocycles. The van der Waals surface area contributed by atoms with E-state index in [4.69, 9.17) is 11.6 Å². The molecule has 0 spiro atoms. The van der Waals surface area contributed by atoms with Gasteiger partial charge in [-0.25, -0.2) is 4.39 Å². The normalized spacial score (nSPS) is 10.9. The van der Waals surface area contributed by atoms with Crippen molar-refractivity contribution in [3.63, 3.8) is 0 Å². The fourth-order valence-corrected chi connectivity index (χ4v) is 2.01. The highest BCUT2D eigenvalue weighted by Crippen LogP contribution is 2.17. The first kappa shape index (κ1) is 14.0. The van der Waals surface area contributed by atoms with Crippen LogP contribution in [0.2, 0.25) is 5.02 Å². The summed E-state index contributed by atoms with van der Waals surface area (Å²) in [5, 5.41) is 7.75. The van der Waals surface area contributed by atoms with Crippen LogP contribution in [0.5, 0.6) is 0 Å². The van der Waals surface area contributed by atoms with Crippen LogP contribution in [0.15, 0.2) is 24.4 Å². The number of rotatable bonds is 5. The molecule has 0 bridgehead atoms. The van der Waals surface area contributed by atoms with Crippen molar-refractivity contribution in [2.24, 2.45) is 0 Å². The molecule has 0 fully saturated rings. The summed E-state index contributed by atoms with van der Waals surface area (Å²) in [6, 6.07) is 4.84. The van der Waals surface area contributed by atoms with E-state index in [1.54, 1.807) is 6.07 Å². The minimum Gasteiger partial charge on any atom is -0.313 e. The van der Waals surface area contributed by atoms with Crippen LogP contribution in [0.3, 0.4) is 0 Å². The summed E-state index contributed by atoms with van der Waals surface area (Å²) in [6.07, 6.45) is 1.85. The summed E-state index contributed by atoms with van der Waals surface area (Å²) in [4.78, 5) is 0. The van der Waals surface area contributed by atoms with E-state index < -0.39 is 5.82 Å². The summed E-state index contributed by atoms with van der Waals surface area (Å²) in [5.41, 5.74) is 3.11. The SMILES string of the molecule is CCNCc1cnn(Cc2ccc(Cl)c(F)c2)c1C. The van der Waals surface area contributed by atoms with Gasteiger partial charge < -0.3 is 5.32 Å². The molecule has 0 aliphatic heterocycles. The minimum absolute atomic E-state index is 0.147. The quantitative estimate of drug-likeness (QED) is 0.912. The van der Waals surface area contributed by atoms with Crippen molar-refractivity contribution in [3.05, 3.63) is 52.1 Å². The molecule has 2 rings (SSSR count). The lowest BCUT2D eigenvalue weighted by Gasteiger charge is -2.07. The van der Waals surface area contributed by atoms with E-state index in [-0.39, 0.29) is 5.02 Å². The fraction of sp³-hybridized carbons (Fsp3) is 0.357. The van der Waals surface area contributed by atoms with E-state index in [0.29, 0.717) is 6.54 Å². The lowest BCUT2D eigenvalue weighted by Crippen LogP contribution is -2.12. The van der Waals surface area contributed by atoms with Gasteiger partial charge in [0.15, 0.2) is 0 Å². The van der Waals surface area contributed by atoms with Crippen LogP contribution in [-0.2, 0) is 13.1 Å². The molecule has 0 aliphatic rings. The molecular formula is C14H17ClFN3. The Hall–Kier alpha value is -1.39. The van der Waals surface area contributed by atoms with Gasteiger partial charge >= 0.3 is 0 Å². The van der Waals surface area contributed by atoms with Crippen molar-refractivity contribution in [3.8, 4) is 0 Å². The Morgan fingerprint density at radius 2 is 2.21 bits per heavy atom. The van der Waals surface area contributed by atoms with Crippen LogP contribution in [0, 0.1) is 12.7 Å². The van der Waals surface area contributed by atoms with Gasteiger partial charge in [0, 0.05) is 17.8 Å². The number of nitrogens with zero attached hydrogens (tertiary/aromatic N) is 2. The maximum atomic E-state index is 13.4. The highest BCUT2D eigenvalue weighted by Gasteiger charge is 2.07. The smallest absolute Gasteiger partial charge is 0.142 e. The zero-order valence-corrected chi connectivity index (χ0v) is 11.8. The van der Waals surface area contributed by atoms with Gasteiger partial charge in [0.2, 0.25) is 0 Å². The van der Waals surface area contributed by atoms with Crippen LogP contribution < -0.4 is 5.32 Å². The molecule has 0 aliphatic carbocycles. The molecule has 3 nitrogen and oxygen atoms in total. The van der Waals surface area contributed by atoms with Gasteiger partial charge in [-0.05, 0) is 31.2 Å². The Labute approximate surface area is 117 Å². The standard InChI is InChI=1S/C14H17ClFN3/c1-3-17-7-12-8-18-19(10(12)2)9-11-4-5-13(15)14(16)6-11/h4-6,8,17H,3,7,9H2,1-2H3. The van der Waals surface area contributed by atoms with Gasteiger partial charge in [-0.2, -0.15) is 5.10 Å². The van der Waals surface area contributed by atoms with E-state index in [9.17, 15) is 4.39 Å². The van der Waals surface area contributed by atoms with Crippen molar-refractivity contribution in [1.29, 1.82) is 0 Å². The topological polar surface area (TPSA) is 29.9 Å². The number of aromatic nitrogens is 2.